The van der Waals surface area contributed by atoms with Crippen LogP contribution >= 0.6 is 23.5 Å². The van der Waals surface area contributed by atoms with E-state index in [-0.39, 0.29) is 18.0 Å². The summed E-state index contributed by atoms with van der Waals surface area (Å²) in [7, 11) is 0. The fraction of sp³-hybridized carbons (Fsp3) is 0.0526. The third-order valence-corrected chi connectivity index (χ3v) is 5.59. The fourth-order valence-corrected chi connectivity index (χ4v) is 4.00. The average Bonchev–Trinajstić information content (AvgIpc) is 3.24. The van der Waals surface area contributed by atoms with Crippen molar-refractivity contribution in [2.45, 2.75) is 26.4 Å². The Bertz CT molecular complexity index is 1110. The van der Waals surface area contributed by atoms with E-state index in [1.54, 1.807) is 36.5 Å². The third-order valence-electron chi connectivity index (χ3n) is 3.70. The summed E-state index contributed by atoms with van der Waals surface area (Å²) in [5.41, 5.74) is 0.875. The van der Waals surface area contributed by atoms with Gasteiger partial charge in [0, 0.05) is 16.0 Å². The summed E-state index contributed by atoms with van der Waals surface area (Å²) in [5, 5.41) is 15.5. The van der Waals surface area contributed by atoms with E-state index >= 15 is 0 Å². The van der Waals surface area contributed by atoms with Gasteiger partial charge in [-0.15, -0.1) is 0 Å². The van der Waals surface area contributed by atoms with Gasteiger partial charge in [-0.25, -0.2) is 14.4 Å². The highest BCUT2D eigenvalue weighted by atomic mass is 32.2. The lowest BCUT2D eigenvalue weighted by Crippen LogP contribution is -2.10. The molecule has 1 N–H and O–H groups in total. The van der Waals surface area contributed by atoms with Crippen molar-refractivity contribution in [1.82, 2.24) is 30.4 Å². The number of Topliss-reactive ketones (excluding diaryl/α,β-unsaturated/α-hetero) is 1. The summed E-state index contributed by atoms with van der Waals surface area (Å²) in [6.07, 6.45) is 3.03. The third kappa shape index (κ3) is 5.04. The van der Waals surface area contributed by atoms with Crippen LogP contribution in [0.3, 0.4) is 0 Å². The highest BCUT2D eigenvalue weighted by Crippen LogP contribution is 2.33. The van der Waals surface area contributed by atoms with Crippen LogP contribution in [0.15, 0.2) is 81.0 Å². The Hall–Kier alpha value is -3.11. The maximum Gasteiger partial charge on any atom is 0.189 e. The number of carbonyl (C=O) groups is 1. The molecule has 0 bridgehead atoms. The first-order valence-electron chi connectivity index (χ1n) is 8.45. The number of rotatable bonds is 7. The summed E-state index contributed by atoms with van der Waals surface area (Å²) in [5.74, 6) is -0.500. The van der Waals surface area contributed by atoms with Gasteiger partial charge in [-0.2, -0.15) is 15.3 Å². The van der Waals surface area contributed by atoms with Crippen LogP contribution in [0.1, 0.15) is 16.2 Å². The van der Waals surface area contributed by atoms with E-state index in [1.165, 1.54) is 42.0 Å². The van der Waals surface area contributed by atoms with E-state index in [4.69, 9.17) is 0 Å². The topological polar surface area (TPSA) is 97.3 Å². The van der Waals surface area contributed by atoms with E-state index in [0.717, 1.165) is 4.90 Å². The lowest BCUT2D eigenvalue weighted by Gasteiger charge is -2.09. The standard InChI is InChI=1S/C19H13FN6OS2/c20-12-3-5-14(6-4-12)28-16-7-8-17(29-19-21-11-23-26-19)24-18(16)15(27)10-13-2-1-9-22-25-13/h1-9,11H,10H2,(H,21,23,26). The molecule has 0 spiro atoms. The van der Waals surface area contributed by atoms with Gasteiger partial charge in [-0.05, 0) is 60.3 Å². The number of nitrogens with zero attached hydrogens (tertiary/aromatic N) is 5. The van der Waals surface area contributed by atoms with E-state index in [1.807, 2.05) is 6.07 Å². The summed E-state index contributed by atoms with van der Waals surface area (Å²) in [6, 6.07) is 13.2. The molecule has 0 saturated heterocycles. The molecule has 0 amide bonds. The molecule has 0 fully saturated rings. The zero-order valence-electron chi connectivity index (χ0n) is 14.8. The fourth-order valence-electron chi connectivity index (χ4n) is 2.42. The number of aromatic amines is 1. The number of pyridine rings is 1. The number of nitrogens with one attached hydrogen (secondary N) is 1. The highest BCUT2D eigenvalue weighted by molar-refractivity contribution is 7.99. The van der Waals surface area contributed by atoms with Gasteiger partial charge in [0.05, 0.1) is 12.1 Å². The van der Waals surface area contributed by atoms with Crippen LogP contribution in [-0.4, -0.2) is 36.1 Å². The molecule has 0 aliphatic heterocycles. The maximum absolute atomic E-state index is 13.2. The Morgan fingerprint density at radius 2 is 1.93 bits per heavy atom. The molecule has 144 valence electrons. The summed E-state index contributed by atoms with van der Waals surface area (Å²) in [4.78, 5) is 23.1. The van der Waals surface area contributed by atoms with Gasteiger partial charge in [0.25, 0.3) is 0 Å². The van der Waals surface area contributed by atoms with Crippen molar-refractivity contribution in [3.63, 3.8) is 0 Å². The number of H-pyrrole nitrogens is 1. The maximum atomic E-state index is 13.2. The molecule has 10 heteroatoms. The number of aromatic nitrogens is 6. The van der Waals surface area contributed by atoms with Crippen LogP contribution < -0.4 is 0 Å². The van der Waals surface area contributed by atoms with Crippen molar-refractivity contribution in [1.29, 1.82) is 0 Å². The molecule has 0 unspecified atom stereocenters. The Morgan fingerprint density at radius 3 is 2.66 bits per heavy atom. The van der Waals surface area contributed by atoms with Crippen LogP contribution in [0.5, 0.6) is 0 Å². The lowest BCUT2D eigenvalue weighted by atomic mass is 10.1. The van der Waals surface area contributed by atoms with Crippen molar-refractivity contribution in [3.05, 3.63) is 78.3 Å². The second-order valence-corrected chi connectivity index (χ2v) is 7.88. The van der Waals surface area contributed by atoms with Crippen molar-refractivity contribution >= 4 is 29.3 Å². The molecular weight excluding hydrogens is 411 g/mol. The molecular formula is C19H13FN6OS2. The quantitative estimate of drug-likeness (QED) is 0.447. The monoisotopic (exact) mass is 424 g/mol. The first-order chi connectivity index (χ1) is 14.2. The largest absolute Gasteiger partial charge is 0.292 e. The Kier molecular flexibility index (Phi) is 5.92. The molecule has 4 aromatic rings. The summed E-state index contributed by atoms with van der Waals surface area (Å²) in [6.45, 7) is 0. The van der Waals surface area contributed by atoms with Gasteiger partial charge in [0.15, 0.2) is 10.9 Å². The van der Waals surface area contributed by atoms with Gasteiger partial charge < -0.3 is 0 Å². The molecule has 0 aliphatic rings. The van der Waals surface area contributed by atoms with Crippen LogP contribution in [-0.2, 0) is 6.42 Å². The van der Waals surface area contributed by atoms with Crippen molar-refractivity contribution < 1.29 is 9.18 Å². The molecule has 7 nitrogen and oxygen atoms in total. The SMILES string of the molecule is O=C(Cc1cccnn1)c1nc(Sc2ncn[nH]2)ccc1Sc1ccc(F)cc1. The Balaban J connectivity index is 1.65. The predicted molar refractivity (Wildman–Crippen MR) is 105 cm³/mol. The molecule has 29 heavy (non-hydrogen) atoms. The average molecular weight is 424 g/mol. The number of hydrogen-bond donors (Lipinski definition) is 1. The number of benzene rings is 1. The van der Waals surface area contributed by atoms with E-state index in [9.17, 15) is 9.18 Å². The van der Waals surface area contributed by atoms with Crippen molar-refractivity contribution in [2.24, 2.45) is 0 Å². The zero-order valence-corrected chi connectivity index (χ0v) is 16.5. The van der Waals surface area contributed by atoms with E-state index < -0.39 is 0 Å². The van der Waals surface area contributed by atoms with Gasteiger partial charge in [0.2, 0.25) is 0 Å². The second kappa shape index (κ2) is 8.93. The van der Waals surface area contributed by atoms with Crippen LogP contribution in [0.4, 0.5) is 4.39 Å². The predicted octanol–water partition coefficient (Wildman–Crippen LogP) is 3.86. The Labute approximate surface area is 173 Å². The number of halogens is 1. The molecule has 3 heterocycles. The zero-order chi connectivity index (χ0) is 20.1. The minimum Gasteiger partial charge on any atom is -0.292 e. The van der Waals surface area contributed by atoms with Gasteiger partial charge in [0.1, 0.15) is 22.9 Å². The van der Waals surface area contributed by atoms with Crippen LogP contribution in [0.25, 0.3) is 0 Å². The minimum absolute atomic E-state index is 0.0776. The van der Waals surface area contributed by atoms with Gasteiger partial charge in [-0.3, -0.25) is 9.89 Å². The smallest absolute Gasteiger partial charge is 0.189 e. The van der Waals surface area contributed by atoms with Gasteiger partial charge >= 0.3 is 0 Å². The summed E-state index contributed by atoms with van der Waals surface area (Å²) < 4.78 is 13.2. The highest BCUT2D eigenvalue weighted by Gasteiger charge is 2.18. The van der Waals surface area contributed by atoms with E-state index in [0.29, 0.717) is 26.5 Å². The lowest BCUT2D eigenvalue weighted by molar-refractivity contribution is 0.0983. The minimum atomic E-state index is -0.315. The second-order valence-electron chi connectivity index (χ2n) is 5.76. The van der Waals surface area contributed by atoms with E-state index in [2.05, 4.69) is 30.4 Å². The first kappa shape index (κ1) is 19.2. The molecule has 0 saturated carbocycles. The molecule has 3 aromatic heterocycles. The molecule has 0 atom stereocenters. The normalized spacial score (nSPS) is 10.8. The molecule has 0 aliphatic carbocycles. The number of ketones is 1. The first-order valence-corrected chi connectivity index (χ1v) is 10.1. The summed E-state index contributed by atoms with van der Waals surface area (Å²) >= 11 is 2.62. The number of hydrogen-bond acceptors (Lipinski definition) is 8. The number of carbonyl (C=O) groups excluding carboxylic acids is 1. The Morgan fingerprint density at radius 1 is 1.07 bits per heavy atom. The molecule has 4 rings (SSSR count). The van der Waals surface area contributed by atoms with Gasteiger partial charge in [-0.1, -0.05) is 11.8 Å². The van der Waals surface area contributed by atoms with Crippen molar-refractivity contribution in [3.8, 4) is 0 Å². The molecule has 0 radical (unpaired) electrons. The van der Waals surface area contributed by atoms with Crippen LogP contribution in [0, 0.1) is 5.82 Å². The van der Waals surface area contributed by atoms with Crippen molar-refractivity contribution in [2.75, 3.05) is 0 Å². The molecule has 1 aromatic carbocycles. The van der Waals surface area contributed by atoms with Crippen LogP contribution in [0.2, 0.25) is 0 Å².